The lowest BCUT2D eigenvalue weighted by Crippen LogP contribution is -2.03. The second-order valence-electron chi connectivity index (χ2n) is 3.38. The van der Waals surface area contributed by atoms with Crippen molar-refractivity contribution in [3.8, 4) is 0 Å². The fourth-order valence-corrected chi connectivity index (χ4v) is 1.90. The van der Waals surface area contributed by atoms with E-state index in [1.165, 1.54) is 6.07 Å². The van der Waals surface area contributed by atoms with Gasteiger partial charge in [-0.05, 0) is 25.1 Å². The quantitative estimate of drug-likeness (QED) is 0.719. The minimum Gasteiger partial charge on any atom is -0.478 e. The number of nitrogen functional groups attached to an aromatic ring is 1. The number of nitrogens with one attached hydrogen (secondary N) is 1. The number of aromatic nitrogens is 2. The molecular weight excluding hydrogens is 240 g/mol. The van der Waals surface area contributed by atoms with Crippen molar-refractivity contribution in [3.63, 3.8) is 0 Å². The Morgan fingerprint density at radius 1 is 1.53 bits per heavy atom. The molecule has 7 heteroatoms. The first-order chi connectivity index (χ1) is 8.06. The number of rotatable bonds is 3. The van der Waals surface area contributed by atoms with Crippen molar-refractivity contribution in [1.82, 2.24) is 9.36 Å². The average molecular weight is 250 g/mol. The van der Waals surface area contributed by atoms with Gasteiger partial charge in [0.1, 0.15) is 5.82 Å². The molecule has 0 saturated heterocycles. The van der Waals surface area contributed by atoms with Gasteiger partial charge in [-0.15, -0.1) is 0 Å². The summed E-state index contributed by atoms with van der Waals surface area (Å²) in [7, 11) is 0. The van der Waals surface area contributed by atoms with Crippen LogP contribution in [0.5, 0.6) is 0 Å². The summed E-state index contributed by atoms with van der Waals surface area (Å²) in [6.45, 7) is 1.76. The smallest absolute Gasteiger partial charge is 0.337 e. The molecule has 0 bridgehead atoms. The molecule has 0 aliphatic carbocycles. The van der Waals surface area contributed by atoms with Crippen LogP contribution >= 0.6 is 11.5 Å². The van der Waals surface area contributed by atoms with Crippen molar-refractivity contribution in [1.29, 1.82) is 0 Å². The Morgan fingerprint density at radius 2 is 2.29 bits per heavy atom. The fourth-order valence-electron chi connectivity index (χ4n) is 1.31. The SMILES string of the molecule is Cc1nsc(Nc2cc(N)ccc2C(=O)O)n1. The van der Waals surface area contributed by atoms with Crippen LogP contribution in [0.25, 0.3) is 0 Å². The largest absolute Gasteiger partial charge is 0.478 e. The molecule has 0 saturated carbocycles. The number of carbonyl (C=O) groups is 1. The molecule has 2 aromatic rings. The molecule has 0 aliphatic heterocycles. The highest BCUT2D eigenvalue weighted by Gasteiger charge is 2.11. The number of carboxylic acid groups (broad SMARTS) is 1. The predicted molar refractivity (Wildman–Crippen MR) is 65.7 cm³/mol. The number of aryl methyl sites for hydroxylation is 1. The Kier molecular flexibility index (Phi) is 2.92. The molecule has 1 aromatic carbocycles. The fraction of sp³-hybridized carbons (Fsp3) is 0.100. The Labute approximate surface area is 101 Å². The van der Waals surface area contributed by atoms with Gasteiger partial charge in [-0.3, -0.25) is 0 Å². The number of benzene rings is 1. The maximum Gasteiger partial charge on any atom is 0.337 e. The minimum absolute atomic E-state index is 0.145. The van der Waals surface area contributed by atoms with E-state index in [0.717, 1.165) is 11.5 Å². The summed E-state index contributed by atoms with van der Waals surface area (Å²) in [6.07, 6.45) is 0. The number of hydrogen-bond acceptors (Lipinski definition) is 6. The van der Waals surface area contributed by atoms with Gasteiger partial charge in [0.15, 0.2) is 0 Å². The summed E-state index contributed by atoms with van der Waals surface area (Å²) in [6, 6.07) is 4.55. The molecule has 17 heavy (non-hydrogen) atoms. The number of nitrogens with zero attached hydrogens (tertiary/aromatic N) is 2. The van der Waals surface area contributed by atoms with Crippen LogP contribution in [0.4, 0.5) is 16.5 Å². The lowest BCUT2D eigenvalue weighted by Gasteiger charge is -2.07. The van der Waals surface area contributed by atoms with E-state index in [-0.39, 0.29) is 5.56 Å². The zero-order chi connectivity index (χ0) is 12.4. The van der Waals surface area contributed by atoms with Gasteiger partial charge in [0, 0.05) is 17.2 Å². The number of carboxylic acids is 1. The van der Waals surface area contributed by atoms with Crippen molar-refractivity contribution >= 4 is 34.0 Å². The van der Waals surface area contributed by atoms with Crippen LogP contribution in [0.1, 0.15) is 16.2 Å². The molecule has 0 aliphatic rings. The van der Waals surface area contributed by atoms with E-state index >= 15 is 0 Å². The van der Waals surface area contributed by atoms with Crippen molar-refractivity contribution in [2.45, 2.75) is 6.92 Å². The molecule has 0 atom stereocenters. The maximum atomic E-state index is 11.0. The first kappa shape index (κ1) is 11.3. The summed E-state index contributed by atoms with van der Waals surface area (Å²) >= 11 is 1.16. The van der Waals surface area contributed by atoms with E-state index < -0.39 is 5.97 Å². The van der Waals surface area contributed by atoms with Crippen LogP contribution in [0, 0.1) is 6.92 Å². The molecular formula is C10H10N4O2S. The van der Waals surface area contributed by atoms with Gasteiger partial charge in [-0.1, -0.05) is 0 Å². The first-order valence-corrected chi connectivity index (χ1v) is 5.54. The molecule has 4 N–H and O–H groups in total. The predicted octanol–water partition coefficient (Wildman–Crippen LogP) is 1.87. The number of hydrogen-bond donors (Lipinski definition) is 3. The zero-order valence-electron chi connectivity index (χ0n) is 8.97. The van der Waals surface area contributed by atoms with Gasteiger partial charge < -0.3 is 16.2 Å². The van der Waals surface area contributed by atoms with Crippen LogP contribution in [-0.4, -0.2) is 20.4 Å². The van der Waals surface area contributed by atoms with Crippen molar-refractivity contribution < 1.29 is 9.90 Å². The summed E-state index contributed by atoms with van der Waals surface area (Å²) in [5, 5.41) is 12.5. The normalized spacial score (nSPS) is 10.2. The second kappa shape index (κ2) is 4.38. The van der Waals surface area contributed by atoms with E-state index in [0.29, 0.717) is 22.3 Å². The third-order valence-corrected chi connectivity index (χ3v) is 2.77. The van der Waals surface area contributed by atoms with Gasteiger partial charge in [0.25, 0.3) is 0 Å². The third-order valence-electron chi connectivity index (χ3n) is 2.04. The van der Waals surface area contributed by atoms with E-state index in [9.17, 15) is 4.79 Å². The Bertz CT molecular complexity index is 567. The molecule has 6 nitrogen and oxygen atoms in total. The van der Waals surface area contributed by atoms with Crippen LogP contribution in [0.3, 0.4) is 0 Å². The Hall–Kier alpha value is -2.15. The highest BCUT2D eigenvalue weighted by molar-refractivity contribution is 7.09. The third kappa shape index (κ3) is 2.51. The summed E-state index contributed by atoms with van der Waals surface area (Å²) in [4.78, 5) is 15.1. The van der Waals surface area contributed by atoms with Gasteiger partial charge >= 0.3 is 5.97 Å². The van der Waals surface area contributed by atoms with Crippen LogP contribution in [-0.2, 0) is 0 Å². The molecule has 0 radical (unpaired) electrons. The lowest BCUT2D eigenvalue weighted by atomic mass is 10.1. The number of anilines is 3. The highest BCUT2D eigenvalue weighted by atomic mass is 32.1. The van der Waals surface area contributed by atoms with Gasteiger partial charge in [-0.25, -0.2) is 9.78 Å². The van der Waals surface area contributed by atoms with E-state index in [4.69, 9.17) is 10.8 Å². The Morgan fingerprint density at radius 3 is 2.88 bits per heavy atom. The minimum atomic E-state index is -1.02. The average Bonchev–Trinajstić information content (AvgIpc) is 2.63. The van der Waals surface area contributed by atoms with Crippen molar-refractivity contribution in [2.75, 3.05) is 11.1 Å². The van der Waals surface area contributed by atoms with Gasteiger partial charge in [0.2, 0.25) is 5.13 Å². The molecule has 88 valence electrons. The van der Waals surface area contributed by atoms with E-state index in [1.807, 2.05) is 0 Å². The van der Waals surface area contributed by atoms with E-state index in [1.54, 1.807) is 19.1 Å². The van der Waals surface area contributed by atoms with Gasteiger partial charge in [-0.2, -0.15) is 4.37 Å². The zero-order valence-corrected chi connectivity index (χ0v) is 9.78. The van der Waals surface area contributed by atoms with E-state index in [2.05, 4.69) is 14.7 Å². The second-order valence-corrected chi connectivity index (χ2v) is 4.13. The number of nitrogens with two attached hydrogens (primary N) is 1. The van der Waals surface area contributed by atoms with Crippen LogP contribution in [0.2, 0.25) is 0 Å². The van der Waals surface area contributed by atoms with Gasteiger partial charge in [0.05, 0.1) is 11.3 Å². The molecule has 0 amide bonds. The molecule has 0 spiro atoms. The molecule has 0 unspecified atom stereocenters. The Balaban J connectivity index is 2.37. The van der Waals surface area contributed by atoms with Crippen LogP contribution < -0.4 is 11.1 Å². The monoisotopic (exact) mass is 250 g/mol. The maximum absolute atomic E-state index is 11.0. The summed E-state index contributed by atoms with van der Waals surface area (Å²) in [5.74, 6) is -0.382. The number of aromatic carboxylic acids is 1. The topological polar surface area (TPSA) is 101 Å². The molecule has 1 heterocycles. The standard InChI is InChI=1S/C10H10N4O2S/c1-5-12-10(17-14-5)13-8-4-6(11)2-3-7(8)9(15)16/h2-4H,11H2,1H3,(H,15,16)(H,12,13,14). The molecule has 1 aromatic heterocycles. The lowest BCUT2D eigenvalue weighted by molar-refractivity contribution is 0.0698. The van der Waals surface area contributed by atoms with Crippen molar-refractivity contribution in [2.24, 2.45) is 0 Å². The molecule has 2 rings (SSSR count). The van der Waals surface area contributed by atoms with Crippen molar-refractivity contribution in [3.05, 3.63) is 29.6 Å². The summed E-state index contributed by atoms with van der Waals surface area (Å²) < 4.78 is 4.00. The summed E-state index contributed by atoms with van der Waals surface area (Å²) in [5.41, 5.74) is 6.66. The van der Waals surface area contributed by atoms with Crippen LogP contribution in [0.15, 0.2) is 18.2 Å². The molecule has 0 fully saturated rings. The highest BCUT2D eigenvalue weighted by Crippen LogP contribution is 2.24. The first-order valence-electron chi connectivity index (χ1n) is 4.76.